The fourth-order valence-corrected chi connectivity index (χ4v) is 2.65. The number of rotatable bonds is 7. The van der Waals surface area contributed by atoms with Crippen LogP contribution in [0.25, 0.3) is 0 Å². The molecule has 2 aromatic heterocycles. The van der Waals surface area contributed by atoms with Crippen LogP contribution < -0.4 is 5.32 Å². The summed E-state index contributed by atoms with van der Waals surface area (Å²) in [5.41, 5.74) is 2.15. The number of H-pyrrole nitrogens is 1. The smallest absolute Gasteiger partial charge is 0.183 e. The quantitative estimate of drug-likeness (QED) is 0.601. The summed E-state index contributed by atoms with van der Waals surface area (Å²) in [4.78, 5) is 4.05. The first kappa shape index (κ1) is 14.4. The summed E-state index contributed by atoms with van der Waals surface area (Å²) in [6, 6.07) is 0. The lowest BCUT2D eigenvalue weighted by atomic mass is 10.2. The summed E-state index contributed by atoms with van der Waals surface area (Å²) >= 11 is 7.85. The average molecular weight is 301 g/mol. The second kappa shape index (κ2) is 6.93. The Balaban J connectivity index is 1.76. The highest BCUT2D eigenvalue weighted by molar-refractivity contribution is 7.99. The van der Waals surface area contributed by atoms with E-state index in [0.717, 1.165) is 41.7 Å². The molecule has 0 amide bonds. The molecule has 2 aromatic rings. The molecule has 0 aliphatic rings. The molecule has 104 valence electrons. The summed E-state index contributed by atoms with van der Waals surface area (Å²) < 4.78 is 1.72. The van der Waals surface area contributed by atoms with Gasteiger partial charge in [0.25, 0.3) is 0 Å². The maximum Gasteiger partial charge on any atom is 0.183 e. The monoisotopic (exact) mass is 300 g/mol. The van der Waals surface area contributed by atoms with E-state index in [-0.39, 0.29) is 0 Å². The minimum absolute atomic E-state index is 0.715. The van der Waals surface area contributed by atoms with Gasteiger partial charge in [0.1, 0.15) is 11.5 Å². The first-order valence-electron chi connectivity index (χ1n) is 6.11. The molecule has 8 heteroatoms. The minimum atomic E-state index is 0.715. The van der Waals surface area contributed by atoms with Crippen molar-refractivity contribution in [3.63, 3.8) is 0 Å². The van der Waals surface area contributed by atoms with E-state index in [1.54, 1.807) is 16.4 Å². The Bertz CT molecular complexity index is 509. The van der Waals surface area contributed by atoms with Crippen molar-refractivity contribution in [1.82, 2.24) is 30.3 Å². The number of aromatic nitrogens is 5. The molecule has 0 saturated heterocycles. The highest BCUT2D eigenvalue weighted by Crippen LogP contribution is 2.19. The van der Waals surface area contributed by atoms with E-state index in [2.05, 4.69) is 32.5 Å². The summed E-state index contributed by atoms with van der Waals surface area (Å²) in [6.07, 6.45) is 2.41. The van der Waals surface area contributed by atoms with Crippen molar-refractivity contribution in [2.75, 3.05) is 12.3 Å². The van der Waals surface area contributed by atoms with E-state index < -0.39 is 0 Å². The Morgan fingerprint density at radius 3 is 3.05 bits per heavy atom. The normalized spacial score (nSPS) is 11.1. The van der Waals surface area contributed by atoms with Crippen LogP contribution in [0, 0.1) is 0 Å². The fourth-order valence-electron chi connectivity index (χ4n) is 1.76. The van der Waals surface area contributed by atoms with Gasteiger partial charge in [-0.2, -0.15) is 10.2 Å². The van der Waals surface area contributed by atoms with Crippen molar-refractivity contribution in [1.29, 1.82) is 0 Å². The highest BCUT2D eigenvalue weighted by atomic mass is 35.5. The van der Waals surface area contributed by atoms with Crippen molar-refractivity contribution in [2.45, 2.75) is 25.0 Å². The SMILES string of the molecule is CCc1nn(C)c(Cl)c1CNCCSc1ncn[nH]1. The van der Waals surface area contributed by atoms with Gasteiger partial charge in [0, 0.05) is 31.5 Å². The minimum Gasteiger partial charge on any atom is -0.312 e. The molecule has 0 aliphatic carbocycles. The molecule has 2 rings (SSSR count). The van der Waals surface area contributed by atoms with Crippen LogP contribution in [0.5, 0.6) is 0 Å². The predicted octanol–water partition coefficient (Wildman–Crippen LogP) is 1.64. The van der Waals surface area contributed by atoms with Crippen LogP contribution in [0.3, 0.4) is 0 Å². The van der Waals surface area contributed by atoms with Gasteiger partial charge in [-0.25, -0.2) is 4.98 Å². The molecular formula is C11H17ClN6S. The molecular weight excluding hydrogens is 284 g/mol. The van der Waals surface area contributed by atoms with Gasteiger partial charge in [-0.3, -0.25) is 9.78 Å². The number of halogens is 1. The number of thioether (sulfide) groups is 1. The van der Waals surface area contributed by atoms with Gasteiger partial charge in [-0.05, 0) is 6.42 Å². The molecule has 0 unspecified atom stereocenters. The van der Waals surface area contributed by atoms with E-state index in [0.29, 0.717) is 5.15 Å². The van der Waals surface area contributed by atoms with Gasteiger partial charge < -0.3 is 5.32 Å². The summed E-state index contributed by atoms with van der Waals surface area (Å²) in [5.74, 6) is 0.925. The van der Waals surface area contributed by atoms with E-state index in [4.69, 9.17) is 11.6 Å². The number of hydrogen-bond acceptors (Lipinski definition) is 5. The van der Waals surface area contributed by atoms with E-state index in [1.165, 1.54) is 6.33 Å². The van der Waals surface area contributed by atoms with Crippen LogP contribution in [0.1, 0.15) is 18.2 Å². The van der Waals surface area contributed by atoms with Crippen LogP contribution in [0.4, 0.5) is 0 Å². The van der Waals surface area contributed by atoms with Crippen LogP contribution in [-0.4, -0.2) is 37.3 Å². The Morgan fingerprint density at radius 1 is 1.53 bits per heavy atom. The van der Waals surface area contributed by atoms with Gasteiger partial charge in [-0.15, -0.1) is 0 Å². The molecule has 0 saturated carbocycles. The second-order valence-electron chi connectivity index (χ2n) is 4.01. The van der Waals surface area contributed by atoms with E-state index in [1.807, 2.05) is 7.05 Å². The maximum atomic E-state index is 6.22. The van der Waals surface area contributed by atoms with Crippen molar-refractivity contribution in [2.24, 2.45) is 7.05 Å². The molecule has 0 fully saturated rings. The zero-order valence-electron chi connectivity index (χ0n) is 11.0. The first-order chi connectivity index (χ1) is 9.22. The van der Waals surface area contributed by atoms with E-state index in [9.17, 15) is 0 Å². The lowest BCUT2D eigenvalue weighted by Crippen LogP contribution is -2.17. The van der Waals surface area contributed by atoms with Gasteiger partial charge in [0.2, 0.25) is 0 Å². The van der Waals surface area contributed by atoms with Crippen LogP contribution >= 0.6 is 23.4 Å². The molecule has 0 atom stereocenters. The zero-order chi connectivity index (χ0) is 13.7. The number of nitrogens with zero attached hydrogens (tertiary/aromatic N) is 4. The number of aromatic amines is 1. The van der Waals surface area contributed by atoms with Crippen molar-refractivity contribution >= 4 is 23.4 Å². The van der Waals surface area contributed by atoms with E-state index >= 15 is 0 Å². The topological polar surface area (TPSA) is 71.4 Å². The predicted molar refractivity (Wildman–Crippen MR) is 76.4 cm³/mol. The Hall–Kier alpha value is -1.05. The van der Waals surface area contributed by atoms with Crippen LogP contribution in [0.15, 0.2) is 11.5 Å². The number of nitrogens with one attached hydrogen (secondary N) is 2. The average Bonchev–Trinajstić information content (AvgIpc) is 3.01. The third-order valence-electron chi connectivity index (χ3n) is 2.70. The number of hydrogen-bond donors (Lipinski definition) is 2. The summed E-state index contributed by atoms with van der Waals surface area (Å²) in [5, 5.41) is 15.9. The second-order valence-corrected chi connectivity index (χ2v) is 5.45. The molecule has 0 radical (unpaired) electrons. The fraction of sp³-hybridized carbons (Fsp3) is 0.545. The molecule has 0 aliphatic heterocycles. The Morgan fingerprint density at radius 2 is 2.37 bits per heavy atom. The molecule has 0 spiro atoms. The third-order valence-corrected chi connectivity index (χ3v) is 4.05. The molecule has 6 nitrogen and oxygen atoms in total. The number of aryl methyl sites for hydroxylation is 2. The van der Waals surface area contributed by atoms with Gasteiger partial charge in [0.05, 0.1) is 5.69 Å². The maximum absolute atomic E-state index is 6.22. The van der Waals surface area contributed by atoms with Gasteiger partial charge in [-0.1, -0.05) is 30.3 Å². The molecule has 19 heavy (non-hydrogen) atoms. The van der Waals surface area contributed by atoms with Crippen molar-refractivity contribution in [3.8, 4) is 0 Å². The van der Waals surface area contributed by atoms with Gasteiger partial charge in [0.15, 0.2) is 5.16 Å². The van der Waals surface area contributed by atoms with Crippen LogP contribution in [-0.2, 0) is 20.0 Å². The molecule has 0 aromatic carbocycles. The van der Waals surface area contributed by atoms with Crippen LogP contribution in [0.2, 0.25) is 5.15 Å². The zero-order valence-corrected chi connectivity index (χ0v) is 12.6. The summed E-state index contributed by atoms with van der Waals surface area (Å²) in [7, 11) is 1.87. The largest absolute Gasteiger partial charge is 0.312 e. The lowest BCUT2D eigenvalue weighted by Gasteiger charge is -2.04. The highest BCUT2D eigenvalue weighted by Gasteiger charge is 2.12. The molecule has 2 N–H and O–H groups in total. The lowest BCUT2D eigenvalue weighted by molar-refractivity contribution is 0.725. The first-order valence-corrected chi connectivity index (χ1v) is 7.47. The third kappa shape index (κ3) is 3.71. The molecule has 2 heterocycles. The standard InChI is InChI=1S/C11H17ClN6S/c1-3-9-8(10(12)18(2)17-9)6-13-4-5-19-11-14-7-15-16-11/h7,13H,3-6H2,1-2H3,(H,14,15,16). The summed E-state index contributed by atoms with van der Waals surface area (Å²) in [6.45, 7) is 3.70. The van der Waals surface area contributed by atoms with Crippen molar-refractivity contribution in [3.05, 3.63) is 22.7 Å². The Labute approximate surface area is 121 Å². The van der Waals surface area contributed by atoms with Crippen molar-refractivity contribution < 1.29 is 0 Å². The Kier molecular flexibility index (Phi) is 5.24. The van der Waals surface area contributed by atoms with Gasteiger partial charge >= 0.3 is 0 Å². The molecule has 0 bridgehead atoms.